The maximum atomic E-state index is 11.1. The van der Waals surface area contributed by atoms with Crippen molar-refractivity contribution in [1.82, 2.24) is 4.57 Å². The van der Waals surface area contributed by atoms with Gasteiger partial charge in [0.05, 0.1) is 0 Å². The summed E-state index contributed by atoms with van der Waals surface area (Å²) < 4.78 is 54.2. The third-order valence-corrected chi connectivity index (χ3v) is 6.41. The zero-order valence-corrected chi connectivity index (χ0v) is 16.9. The number of halogens is 5. The molecule has 6 nitrogen and oxygen atoms in total. The van der Waals surface area contributed by atoms with Crippen LogP contribution in [-0.4, -0.2) is 23.8 Å². The molecule has 27 heavy (non-hydrogen) atoms. The molecule has 2 aromatic rings. The molecule has 1 heterocycles. The third kappa shape index (κ3) is 10.6. The van der Waals surface area contributed by atoms with Crippen molar-refractivity contribution in [3.05, 3.63) is 52.1 Å². The van der Waals surface area contributed by atoms with E-state index in [4.69, 9.17) is 6.13 Å². The van der Waals surface area contributed by atoms with E-state index >= 15 is 0 Å². The van der Waals surface area contributed by atoms with Gasteiger partial charge in [-0.1, -0.05) is 0 Å². The molecule has 2 rings (SSSR count). The monoisotopic (exact) mass is 504 g/mol. The van der Waals surface area contributed by atoms with Crippen molar-refractivity contribution in [2.45, 2.75) is 20.4 Å². The van der Waals surface area contributed by atoms with Crippen LogP contribution in [0, 0.1) is 3.57 Å². The summed E-state index contributed by atoms with van der Waals surface area (Å²) in [7, 11) is -4.03. The van der Waals surface area contributed by atoms with Gasteiger partial charge in [0, 0.05) is 0 Å². The van der Waals surface area contributed by atoms with E-state index in [0.717, 1.165) is 15.7 Å². The summed E-state index contributed by atoms with van der Waals surface area (Å²) in [4.78, 5) is 22.3. The number of hydrogen-bond donors (Lipinski definition) is 0. The summed E-state index contributed by atoms with van der Waals surface area (Å²) >= 11 is -2.71. The van der Waals surface area contributed by atoms with Gasteiger partial charge in [0.2, 0.25) is 0 Å². The Balaban J connectivity index is 0.000000646. The van der Waals surface area contributed by atoms with E-state index in [1.165, 1.54) is 13.8 Å². The molecule has 0 radical (unpaired) electrons. The van der Waals surface area contributed by atoms with E-state index in [1.807, 2.05) is 54.6 Å². The summed E-state index contributed by atoms with van der Waals surface area (Å²) in [5.74, 6) is -0.870. The molecular weight excluding hydrogens is 486 g/mol. The van der Waals surface area contributed by atoms with Gasteiger partial charge in [0.15, 0.2) is 0 Å². The van der Waals surface area contributed by atoms with Crippen molar-refractivity contribution in [3.8, 4) is 0 Å². The maximum Gasteiger partial charge on any atom is 0.673 e. The van der Waals surface area contributed by atoms with Crippen LogP contribution in [0.25, 0.3) is 0 Å². The second-order valence-corrected chi connectivity index (χ2v) is 8.59. The SMILES string of the molecule is CC(=O)OI(OC(C)=O)c1ccc(Cn2cc[n+](C)c2)cc1.F[B-](F)(F)F. The Labute approximate surface area is 161 Å². The van der Waals surface area contributed by atoms with Crippen molar-refractivity contribution in [3.63, 3.8) is 0 Å². The number of carbonyl (C=O) groups excluding carboxylic acids is 2. The summed E-state index contributed by atoms with van der Waals surface area (Å²) in [6.45, 7) is 3.37. The number of imidazole rings is 1. The van der Waals surface area contributed by atoms with Crippen molar-refractivity contribution in [2.75, 3.05) is 0 Å². The number of hydrogen-bond acceptors (Lipinski definition) is 4. The molecule has 0 N–H and O–H groups in total. The molecule has 0 saturated heterocycles. The van der Waals surface area contributed by atoms with Gasteiger partial charge in [-0.25, -0.2) is 0 Å². The van der Waals surface area contributed by atoms with Crippen LogP contribution in [0.5, 0.6) is 0 Å². The Morgan fingerprint density at radius 3 is 1.93 bits per heavy atom. The van der Waals surface area contributed by atoms with Gasteiger partial charge in [-0.05, 0) is 0 Å². The summed E-state index contributed by atoms with van der Waals surface area (Å²) in [5, 5.41) is 0. The smallest absolute Gasteiger partial charge is 0.418 e. The second kappa shape index (κ2) is 10.3. The number of rotatable bonds is 5. The van der Waals surface area contributed by atoms with E-state index in [9.17, 15) is 26.9 Å². The van der Waals surface area contributed by atoms with Crippen LogP contribution in [0.4, 0.5) is 17.3 Å². The molecule has 150 valence electrons. The molecule has 0 fully saturated rings. The molecule has 0 bridgehead atoms. The van der Waals surface area contributed by atoms with E-state index in [0.29, 0.717) is 0 Å². The van der Waals surface area contributed by atoms with Gasteiger partial charge in [-0.3, -0.25) is 0 Å². The van der Waals surface area contributed by atoms with Crippen LogP contribution in [0.1, 0.15) is 19.4 Å². The standard InChI is InChI=1S/C15H18IN2O4.BF4/c1-12(19)21-16(22-13(2)20)15-6-4-14(5-7-15)10-18-9-8-17(3)11-18;2-1(3,4)5/h4-9,11H,10H2,1-3H3;/q+1;-1. The molecule has 0 aliphatic rings. The van der Waals surface area contributed by atoms with Crippen LogP contribution < -0.4 is 4.57 Å². The molecule has 12 heteroatoms. The zero-order chi connectivity index (χ0) is 20.6. The summed E-state index contributed by atoms with van der Waals surface area (Å²) in [5.41, 5.74) is 1.11. The second-order valence-electron chi connectivity index (χ2n) is 5.23. The van der Waals surface area contributed by atoms with E-state index in [-0.39, 0.29) is 0 Å². The summed E-state index contributed by atoms with van der Waals surface area (Å²) in [6, 6.07) is 7.62. The zero-order valence-electron chi connectivity index (χ0n) is 14.7. The minimum Gasteiger partial charge on any atom is -0.418 e. The van der Waals surface area contributed by atoms with Gasteiger partial charge in [-0.15, -0.1) is 0 Å². The topological polar surface area (TPSA) is 61.4 Å². The molecular formula is C15H18BF4IN2O4. The molecule has 0 aliphatic carbocycles. The van der Waals surface area contributed by atoms with Crippen LogP contribution in [0.15, 0.2) is 43.0 Å². The van der Waals surface area contributed by atoms with Gasteiger partial charge >= 0.3 is 144 Å². The number of carbonyl (C=O) groups is 2. The van der Waals surface area contributed by atoms with Crippen LogP contribution in [0.2, 0.25) is 0 Å². The molecule has 0 spiro atoms. The number of benzene rings is 1. The number of aromatic nitrogens is 2. The Morgan fingerprint density at radius 1 is 1.07 bits per heavy atom. The van der Waals surface area contributed by atoms with Crippen LogP contribution >= 0.6 is 20.6 Å². The van der Waals surface area contributed by atoms with Crippen molar-refractivity contribution in [1.29, 1.82) is 0 Å². The Bertz CT molecular complexity index is 746. The first-order valence-corrected chi connectivity index (χ1v) is 10.3. The Kier molecular flexibility index (Phi) is 8.73. The van der Waals surface area contributed by atoms with Crippen molar-refractivity contribution < 1.29 is 37.6 Å². The van der Waals surface area contributed by atoms with Crippen LogP contribution in [-0.2, 0) is 29.3 Å². The summed E-state index contributed by atoms with van der Waals surface area (Å²) in [6.07, 6.45) is 5.95. The quantitative estimate of drug-likeness (QED) is 0.272. The normalized spacial score (nSPS) is 11.1. The fourth-order valence-electron chi connectivity index (χ4n) is 1.80. The van der Waals surface area contributed by atoms with Gasteiger partial charge in [-0.2, -0.15) is 0 Å². The predicted molar refractivity (Wildman–Crippen MR) is 97.6 cm³/mol. The van der Waals surface area contributed by atoms with Gasteiger partial charge in [0.25, 0.3) is 0 Å². The minimum absolute atomic E-state index is 0.435. The van der Waals surface area contributed by atoms with Crippen LogP contribution in [0.3, 0.4) is 0 Å². The van der Waals surface area contributed by atoms with E-state index < -0.39 is 39.8 Å². The van der Waals surface area contributed by atoms with Crippen molar-refractivity contribution >= 4 is 39.8 Å². The fraction of sp³-hybridized carbons (Fsp3) is 0.267. The first-order chi connectivity index (χ1) is 12.4. The molecule has 0 atom stereocenters. The largest absolute Gasteiger partial charge is 0.673 e. The third-order valence-electron chi connectivity index (χ3n) is 2.64. The number of nitrogens with zero attached hydrogens (tertiary/aromatic N) is 2. The van der Waals surface area contributed by atoms with E-state index in [1.54, 1.807) is 0 Å². The van der Waals surface area contributed by atoms with E-state index in [2.05, 4.69) is 4.57 Å². The number of aryl methyl sites for hydroxylation is 1. The first kappa shape index (κ1) is 22.9. The average molecular weight is 504 g/mol. The first-order valence-electron chi connectivity index (χ1n) is 7.49. The van der Waals surface area contributed by atoms with Gasteiger partial charge in [0.1, 0.15) is 0 Å². The van der Waals surface area contributed by atoms with Gasteiger partial charge < -0.3 is 17.3 Å². The van der Waals surface area contributed by atoms with Crippen molar-refractivity contribution in [2.24, 2.45) is 7.05 Å². The minimum atomic E-state index is -6.00. The fourth-order valence-corrected chi connectivity index (χ4v) is 4.47. The molecule has 0 aliphatic heterocycles. The predicted octanol–water partition coefficient (Wildman–Crippen LogP) is 3.29. The Hall–Kier alpha value is -2.12. The molecule has 1 aromatic heterocycles. The average Bonchev–Trinajstić information content (AvgIpc) is 2.90. The Morgan fingerprint density at radius 2 is 1.56 bits per heavy atom. The molecule has 0 saturated carbocycles. The molecule has 1 aromatic carbocycles. The molecule has 0 unspecified atom stereocenters. The molecule has 0 amide bonds. The maximum absolute atomic E-state index is 11.1.